The zero-order valence-corrected chi connectivity index (χ0v) is 16.6. The largest absolute Gasteiger partial charge is 0.452 e. The summed E-state index contributed by atoms with van der Waals surface area (Å²) in [7, 11) is -0.292. The van der Waals surface area contributed by atoms with Crippen molar-refractivity contribution in [3.63, 3.8) is 0 Å². The van der Waals surface area contributed by atoms with Crippen LogP contribution in [0.25, 0.3) is 5.57 Å². The minimum atomic E-state index is -1.73. The fourth-order valence-electron chi connectivity index (χ4n) is 3.43. The summed E-state index contributed by atoms with van der Waals surface area (Å²) in [6.07, 6.45) is 5.73. The van der Waals surface area contributed by atoms with E-state index in [2.05, 4.69) is 55.6 Å². The molecule has 26 heavy (non-hydrogen) atoms. The number of allylic oxidation sites excluding steroid dienone is 2. The van der Waals surface area contributed by atoms with Gasteiger partial charge in [0.05, 0.1) is 21.2 Å². The van der Waals surface area contributed by atoms with E-state index in [0.717, 1.165) is 17.2 Å². The number of ether oxygens (including phenoxy) is 1. The van der Waals surface area contributed by atoms with Crippen LogP contribution in [0.4, 0.5) is 4.79 Å². The average molecular weight is 364 g/mol. The van der Waals surface area contributed by atoms with Crippen LogP contribution in [0, 0.1) is 0 Å². The number of carbonyl (C=O) groups is 1. The van der Waals surface area contributed by atoms with Gasteiger partial charge in [-0.25, -0.2) is 4.79 Å². The van der Waals surface area contributed by atoms with Crippen molar-refractivity contribution in [3.8, 4) is 0 Å². The highest BCUT2D eigenvalue weighted by Gasteiger charge is 2.32. The molecule has 0 saturated carbocycles. The summed E-state index contributed by atoms with van der Waals surface area (Å²) in [6.45, 7) is 4.71. The van der Waals surface area contributed by atoms with E-state index in [1.54, 1.807) is 4.90 Å². The predicted molar refractivity (Wildman–Crippen MR) is 110 cm³/mol. The highest BCUT2D eigenvalue weighted by Crippen LogP contribution is 2.28. The first-order chi connectivity index (χ1) is 12.5. The van der Waals surface area contributed by atoms with Crippen LogP contribution in [-0.4, -0.2) is 32.2 Å². The van der Waals surface area contributed by atoms with Crippen LogP contribution in [-0.2, 0) is 4.74 Å². The van der Waals surface area contributed by atoms with E-state index in [9.17, 15) is 4.79 Å². The molecule has 3 nitrogen and oxygen atoms in total. The molecule has 1 aliphatic heterocycles. The molecule has 0 N–H and O–H groups in total. The average Bonchev–Trinajstić information content (AvgIpc) is 2.68. The number of hydrogen-bond acceptors (Lipinski definition) is 2. The quantitative estimate of drug-likeness (QED) is 0.740. The van der Waals surface area contributed by atoms with Gasteiger partial charge in [0.15, 0.2) is 0 Å². The van der Waals surface area contributed by atoms with E-state index in [4.69, 9.17) is 4.74 Å². The molecule has 1 unspecified atom stereocenters. The zero-order valence-electron chi connectivity index (χ0n) is 15.6. The molecule has 1 aliphatic rings. The molecule has 2 aromatic carbocycles. The minimum absolute atomic E-state index is 0.00970. The first-order valence-electron chi connectivity index (χ1n) is 8.88. The fraction of sp³-hybridized carbons (Fsp3) is 0.227. The molecule has 0 spiro atoms. The van der Waals surface area contributed by atoms with Gasteiger partial charge in [0.1, 0.15) is 0 Å². The Kier molecular flexibility index (Phi) is 5.42. The van der Waals surface area contributed by atoms with E-state index in [1.807, 2.05) is 36.5 Å². The normalized spacial score (nSPS) is 17.0. The number of carbonyl (C=O) groups excluding carboxylic acids is 1. The second kappa shape index (κ2) is 7.75. The molecule has 1 amide bonds. The van der Waals surface area contributed by atoms with Crippen LogP contribution < -0.4 is 5.19 Å². The summed E-state index contributed by atoms with van der Waals surface area (Å²) in [5.74, 6) is 0. The Labute approximate surface area is 156 Å². The van der Waals surface area contributed by atoms with E-state index in [1.165, 1.54) is 12.3 Å². The molecule has 134 valence electrons. The topological polar surface area (TPSA) is 29.5 Å². The maximum Gasteiger partial charge on any atom is 0.414 e. The van der Waals surface area contributed by atoms with E-state index >= 15 is 0 Å². The lowest BCUT2D eigenvalue weighted by Crippen LogP contribution is -2.48. The number of methoxy groups -OCH3 is 1. The summed E-state index contributed by atoms with van der Waals surface area (Å²) in [5, 5.41) is 1.40. The van der Waals surface area contributed by atoms with Crippen molar-refractivity contribution in [2.24, 2.45) is 0 Å². The van der Waals surface area contributed by atoms with Crippen molar-refractivity contribution in [2.45, 2.75) is 25.2 Å². The Morgan fingerprint density at radius 2 is 1.65 bits per heavy atom. The van der Waals surface area contributed by atoms with Gasteiger partial charge in [-0.15, -0.1) is 0 Å². The van der Waals surface area contributed by atoms with E-state index < -0.39 is 8.07 Å². The van der Waals surface area contributed by atoms with E-state index in [-0.39, 0.29) is 12.1 Å². The summed E-state index contributed by atoms with van der Waals surface area (Å²) in [4.78, 5) is 14.0. The van der Waals surface area contributed by atoms with Crippen molar-refractivity contribution in [3.05, 3.63) is 84.6 Å². The second-order valence-electron chi connectivity index (χ2n) is 7.20. The molecule has 1 atom stereocenters. The standard InChI is InChI=1S/C22H25NO2Si/c1-25-22(24)23-15-14-19(18-10-6-4-7-11-18)16-20(23)17-26(2,3)21-12-8-5-9-13-21/h4-16,20H,17H2,1-3H3. The third kappa shape index (κ3) is 3.97. The molecule has 0 aliphatic carbocycles. The van der Waals surface area contributed by atoms with Gasteiger partial charge in [-0.3, -0.25) is 4.90 Å². The molecular weight excluding hydrogens is 338 g/mol. The lowest BCUT2D eigenvalue weighted by atomic mass is 10.0. The smallest absolute Gasteiger partial charge is 0.414 e. The Balaban J connectivity index is 1.92. The number of hydrogen-bond donors (Lipinski definition) is 0. The Morgan fingerprint density at radius 1 is 1.04 bits per heavy atom. The second-order valence-corrected chi connectivity index (χ2v) is 12.0. The molecular formula is C22H25NO2Si. The molecule has 0 bridgehead atoms. The van der Waals surface area contributed by atoms with Crippen LogP contribution in [0.15, 0.2) is 79.0 Å². The van der Waals surface area contributed by atoms with Gasteiger partial charge in [0.25, 0.3) is 0 Å². The maximum atomic E-state index is 12.3. The molecule has 0 fully saturated rings. The van der Waals surface area contributed by atoms with Gasteiger partial charge in [-0.05, 0) is 23.3 Å². The molecule has 3 rings (SSSR count). The number of nitrogens with zero attached hydrogens (tertiary/aromatic N) is 1. The van der Waals surface area contributed by atoms with Crippen molar-refractivity contribution in [1.82, 2.24) is 4.90 Å². The summed E-state index contributed by atoms with van der Waals surface area (Å²) >= 11 is 0. The highest BCUT2D eigenvalue weighted by molar-refractivity contribution is 6.89. The van der Waals surface area contributed by atoms with Gasteiger partial charge >= 0.3 is 6.09 Å². The van der Waals surface area contributed by atoms with Gasteiger partial charge in [0.2, 0.25) is 0 Å². The lowest BCUT2D eigenvalue weighted by Gasteiger charge is -2.34. The van der Waals surface area contributed by atoms with Crippen LogP contribution in [0.2, 0.25) is 19.1 Å². The summed E-state index contributed by atoms with van der Waals surface area (Å²) in [5.41, 5.74) is 2.31. The fourth-order valence-corrected chi connectivity index (χ4v) is 6.12. The van der Waals surface area contributed by atoms with Gasteiger partial charge < -0.3 is 4.74 Å². The first kappa shape index (κ1) is 18.2. The van der Waals surface area contributed by atoms with Crippen LogP contribution in [0.5, 0.6) is 0 Å². The van der Waals surface area contributed by atoms with E-state index in [0.29, 0.717) is 0 Å². The SMILES string of the molecule is COC(=O)N1C=CC(c2ccccc2)=CC1C[Si](C)(C)c1ccccc1. The van der Waals surface area contributed by atoms with Crippen molar-refractivity contribution < 1.29 is 9.53 Å². The summed E-state index contributed by atoms with van der Waals surface area (Å²) < 4.78 is 5.00. The highest BCUT2D eigenvalue weighted by atomic mass is 28.3. The monoisotopic (exact) mass is 363 g/mol. The van der Waals surface area contributed by atoms with Gasteiger partial charge in [0, 0.05) is 6.20 Å². The third-order valence-electron chi connectivity index (χ3n) is 4.91. The zero-order chi connectivity index (χ0) is 18.6. The molecule has 2 aromatic rings. The summed E-state index contributed by atoms with van der Waals surface area (Å²) in [6, 6.07) is 21.8. The number of benzene rings is 2. The van der Waals surface area contributed by atoms with Gasteiger partial charge in [-0.2, -0.15) is 0 Å². The number of rotatable bonds is 4. The molecule has 4 heteroatoms. The van der Waals surface area contributed by atoms with Crippen LogP contribution >= 0.6 is 0 Å². The van der Waals surface area contributed by atoms with Crippen molar-refractivity contribution in [2.75, 3.05) is 7.11 Å². The van der Waals surface area contributed by atoms with Crippen molar-refractivity contribution in [1.29, 1.82) is 0 Å². The maximum absolute atomic E-state index is 12.3. The van der Waals surface area contributed by atoms with Crippen LogP contribution in [0.1, 0.15) is 5.56 Å². The number of amides is 1. The Hall–Kier alpha value is -2.59. The van der Waals surface area contributed by atoms with Crippen LogP contribution in [0.3, 0.4) is 0 Å². The molecule has 0 saturated heterocycles. The van der Waals surface area contributed by atoms with Gasteiger partial charge in [-0.1, -0.05) is 85.0 Å². The lowest BCUT2D eigenvalue weighted by molar-refractivity contribution is 0.134. The first-order valence-corrected chi connectivity index (χ1v) is 12.1. The molecule has 0 radical (unpaired) electrons. The van der Waals surface area contributed by atoms with Crippen molar-refractivity contribution >= 4 is 24.9 Å². The minimum Gasteiger partial charge on any atom is -0.452 e. The molecule has 1 heterocycles. The Morgan fingerprint density at radius 3 is 2.27 bits per heavy atom. The Bertz CT molecular complexity index is 813. The third-order valence-corrected chi connectivity index (χ3v) is 8.25. The predicted octanol–water partition coefficient (Wildman–Crippen LogP) is 4.65. The molecule has 0 aromatic heterocycles.